The topological polar surface area (TPSA) is 113 Å². The van der Waals surface area contributed by atoms with E-state index in [1.165, 1.54) is 11.2 Å². The summed E-state index contributed by atoms with van der Waals surface area (Å²) in [4.78, 5) is 24.2. The molecule has 3 N–H and O–H groups in total. The average Bonchev–Trinajstić information content (AvgIpc) is 2.85. The minimum absolute atomic E-state index is 0.0117. The number of aromatic nitrogens is 1. The number of sulfonamides is 1. The van der Waals surface area contributed by atoms with E-state index in [2.05, 4.69) is 4.98 Å². The van der Waals surface area contributed by atoms with Crippen molar-refractivity contribution in [3.05, 3.63) is 15.4 Å². The van der Waals surface area contributed by atoms with Crippen LogP contribution in [-0.4, -0.2) is 36.7 Å². The lowest BCUT2D eigenvalue weighted by Gasteiger charge is -2.14. The van der Waals surface area contributed by atoms with Crippen LogP contribution in [0.5, 0.6) is 0 Å². The number of hydrogen-bond donors (Lipinski definition) is 2. The van der Waals surface area contributed by atoms with Gasteiger partial charge in [0.25, 0.3) is 10.0 Å². The molecule has 2 heterocycles. The zero-order valence-corrected chi connectivity index (χ0v) is 11.3. The number of hydrogen-bond acceptors (Lipinski definition) is 5. The Labute approximate surface area is 108 Å². The second-order valence-electron chi connectivity index (χ2n) is 4.18. The molecule has 1 aromatic rings. The van der Waals surface area contributed by atoms with E-state index >= 15 is 0 Å². The molecule has 0 saturated carbocycles. The van der Waals surface area contributed by atoms with Crippen LogP contribution in [0.1, 0.15) is 12.1 Å². The van der Waals surface area contributed by atoms with Gasteiger partial charge in [0.1, 0.15) is 0 Å². The summed E-state index contributed by atoms with van der Waals surface area (Å²) in [6.07, 6.45) is 0.424. The number of rotatable bonds is 3. The fourth-order valence-electron chi connectivity index (χ4n) is 1.93. The Bertz CT molecular complexity index is 630. The molecular weight excluding hydrogens is 278 g/mol. The highest BCUT2D eigenvalue weighted by atomic mass is 32.2. The summed E-state index contributed by atoms with van der Waals surface area (Å²) in [6.45, 7) is 1.87. The van der Waals surface area contributed by atoms with Gasteiger partial charge in [0.15, 0.2) is 4.21 Å². The van der Waals surface area contributed by atoms with Crippen molar-refractivity contribution in [2.45, 2.75) is 17.6 Å². The van der Waals surface area contributed by atoms with Crippen LogP contribution in [-0.2, 0) is 14.8 Å². The standard InChI is InChI=1S/C9H13N3O4S2/c1-5-8(17-9(14)11-5)18(15,16)12-3-2-6(4-12)7(10)13/h6H,2-4H2,1H3,(H2,10,13)(H,11,14). The largest absolute Gasteiger partial charge is 0.369 e. The summed E-state index contributed by atoms with van der Waals surface area (Å²) in [6, 6.07) is 0. The minimum Gasteiger partial charge on any atom is -0.369 e. The number of nitrogens with zero attached hydrogens (tertiary/aromatic N) is 1. The zero-order chi connectivity index (χ0) is 13.5. The first-order valence-corrected chi connectivity index (χ1v) is 7.57. The smallest absolute Gasteiger partial charge is 0.305 e. The predicted octanol–water partition coefficient (Wildman–Crippen LogP) is -0.759. The Balaban J connectivity index is 2.31. The van der Waals surface area contributed by atoms with E-state index in [9.17, 15) is 18.0 Å². The number of aryl methyl sites for hydroxylation is 1. The van der Waals surface area contributed by atoms with Crippen LogP contribution in [0.3, 0.4) is 0 Å². The lowest BCUT2D eigenvalue weighted by atomic mass is 10.1. The van der Waals surface area contributed by atoms with E-state index < -0.39 is 26.7 Å². The molecule has 1 atom stereocenters. The molecule has 1 aromatic heterocycles. The van der Waals surface area contributed by atoms with Crippen LogP contribution in [0.4, 0.5) is 0 Å². The molecule has 100 valence electrons. The Morgan fingerprint density at radius 1 is 1.56 bits per heavy atom. The summed E-state index contributed by atoms with van der Waals surface area (Å²) in [5.74, 6) is -0.942. The van der Waals surface area contributed by atoms with Crippen LogP contribution in [0.2, 0.25) is 0 Å². The maximum atomic E-state index is 12.3. The van der Waals surface area contributed by atoms with E-state index in [0.717, 1.165) is 0 Å². The summed E-state index contributed by atoms with van der Waals surface area (Å²) < 4.78 is 25.7. The van der Waals surface area contributed by atoms with Crippen LogP contribution in [0.25, 0.3) is 0 Å². The van der Waals surface area contributed by atoms with Crippen molar-refractivity contribution in [2.24, 2.45) is 11.7 Å². The second kappa shape index (κ2) is 4.48. The van der Waals surface area contributed by atoms with Crippen molar-refractivity contribution in [3.63, 3.8) is 0 Å². The summed E-state index contributed by atoms with van der Waals surface area (Å²) in [5.41, 5.74) is 5.49. The van der Waals surface area contributed by atoms with Gasteiger partial charge in [0, 0.05) is 18.8 Å². The molecule has 1 amide bonds. The third kappa shape index (κ3) is 2.20. The lowest BCUT2D eigenvalue weighted by Crippen LogP contribution is -2.31. The summed E-state index contributed by atoms with van der Waals surface area (Å²) in [7, 11) is -3.70. The Morgan fingerprint density at radius 2 is 2.22 bits per heavy atom. The van der Waals surface area contributed by atoms with Gasteiger partial charge in [0.05, 0.1) is 5.92 Å². The number of primary amides is 1. The molecule has 1 aliphatic heterocycles. The number of nitrogens with two attached hydrogens (primary N) is 1. The molecule has 1 aliphatic rings. The minimum atomic E-state index is -3.70. The number of aromatic amines is 1. The van der Waals surface area contributed by atoms with Crippen molar-refractivity contribution in [1.82, 2.24) is 9.29 Å². The third-order valence-corrected chi connectivity index (χ3v) is 6.36. The highest BCUT2D eigenvalue weighted by molar-refractivity contribution is 7.91. The number of nitrogens with one attached hydrogen (secondary N) is 1. The highest BCUT2D eigenvalue weighted by Crippen LogP contribution is 2.26. The monoisotopic (exact) mass is 291 g/mol. The van der Waals surface area contributed by atoms with Crippen LogP contribution >= 0.6 is 11.3 Å². The first-order chi connectivity index (χ1) is 8.32. The first-order valence-electron chi connectivity index (χ1n) is 5.31. The van der Waals surface area contributed by atoms with Gasteiger partial charge in [-0.15, -0.1) is 0 Å². The molecule has 2 rings (SSSR count). The number of thiazole rings is 1. The maximum absolute atomic E-state index is 12.3. The van der Waals surface area contributed by atoms with Gasteiger partial charge in [-0.05, 0) is 13.3 Å². The SMILES string of the molecule is Cc1[nH]c(=O)sc1S(=O)(=O)N1CCC(C(N)=O)C1. The summed E-state index contributed by atoms with van der Waals surface area (Å²) >= 11 is 0.661. The van der Waals surface area contributed by atoms with Gasteiger partial charge in [-0.1, -0.05) is 11.3 Å². The second-order valence-corrected chi connectivity index (χ2v) is 7.29. The first kappa shape index (κ1) is 13.2. The Hall–Kier alpha value is -1.19. The van der Waals surface area contributed by atoms with Gasteiger partial charge in [-0.2, -0.15) is 4.31 Å². The van der Waals surface area contributed by atoms with Crippen molar-refractivity contribution < 1.29 is 13.2 Å². The van der Waals surface area contributed by atoms with E-state index in [1.807, 2.05) is 0 Å². The van der Waals surface area contributed by atoms with Gasteiger partial charge >= 0.3 is 4.87 Å². The normalized spacial score (nSPS) is 21.3. The van der Waals surface area contributed by atoms with Gasteiger partial charge in [-0.25, -0.2) is 8.42 Å². The molecule has 7 nitrogen and oxygen atoms in total. The van der Waals surface area contributed by atoms with Crippen molar-refractivity contribution in [1.29, 1.82) is 0 Å². The number of carbonyl (C=O) groups is 1. The van der Waals surface area contributed by atoms with Crippen molar-refractivity contribution in [3.8, 4) is 0 Å². The summed E-state index contributed by atoms with van der Waals surface area (Å²) in [5, 5.41) is 0. The van der Waals surface area contributed by atoms with Gasteiger partial charge < -0.3 is 10.7 Å². The molecule has 0 aliphatic carbocycles. The van der Waals surface area contributed by atoms with Gasteiger partial charge in [-0.3, -0.25) is 9.59 Å². The van der Waals surface area contributed by atoms with E-state index in [-0.39, 0.29) is 17.3 Å². The van der Waals surface area contributed by atoms with Crippen LogP contribution in [0, 0.1) is 12.8 Å². The third-order valence-electron chi connectivity index (χ3n) is 2.91. The van der Waals surface area contributed by atoms with Crippen LogP contribution in [0.15, 0.2) is 9.00 Å². The number of H-pyrrole nitrogens is 1. The molecule has 0 radical (unpaired) electrons. The van der Waals surface area contributed by atoms with Crippen LogP contribution < -0.4 is 10.6 Å². The molecule has 1 unspecified atom stereocenters. The quantitative estimate of drug-likeness (QED) is 0.762. The average molecular weight is 291 g/mol. The molecule has 0 spiro atoms. The van der Waals surface area contributed by atoms with E-state index in [0.29, 0.717) is 23.5 Å². The fraction of sp³-hybridized carbons (Fsp3) is 0.556. The number of carbonyl (C=O) groups excluding carboxylic acids is 1. The lowest BCUT2D eigenvalue weighted by molar-refractivity contribution is -0.121. The molecule has 9 heteroatoms. The van der Waals surface area contributed by atoms with Crippen molar-refractivity contribution in [2.75, 3.05) is 13.1 Å². The molecule has 0 bridgehead atoms. The van der Waals surface area contributed by atoms with E-state index in [1.54, 1.807) is 0 Å². The zero-order valence-electron chi connectivity index (χ0n) is 9.67. The Morgan fingerprint density at radius 3 is 2.67 bits per heavy atom. The molecule has 0 aromatic carbocycles. The fourth-order valence-corrected chi connectivity index (χ4v) is 4.87. The molecule has 1 saturated heterocycles. The van der Waals surface area contributed by atoms with Crippen molar-refractivity contribution >= 4 is 27.3 Å². The molecule has 1 fully saturated rings. The van der Waals surface area contributed by atoms with E-state index in [4.69, 9.17) is 5.73 Å². The maximum Gasteiger partial charge on any atom is 0.305 e. The number of amides is 1. The Kier molecular flexibility index (Phi) is 3.30. The predicted molar refractivity (Wildman–Crippen MR) is 65.7 cm³/mol. The van der Waals surface area contributed by atoms with Gasteiger partial charge in [0.2, 0.25) is 5.91 Å². The highest BCUT2D eigenvalue weighted by Gasteiger charge is 2.36. The molecular formula is C9H13N3O4S2. The molecule has 18 heavy (non-hydrogen) atoms.